The van der Waals surface area contributed by atoms with Gasteiger partial charge in [0.15, 0.2) is 0 Å². The molecule has 0 fully saturated rings. The molecule has 1 aliphatic heterocycles. The molecule has 1 aliphatic carbocycles. The number of methoxy groups -OCH3 is 1. The maximum absolute atomic E-state index is 11.6. The van der Waals surface area contributed by atoms with E-state index in [9.17, 15) is 9.90 Å². The van der Waals surface area contributed by atoms with Crippen molar-refractivity contribution in [1.29, 1.82) is 0 Å². The lowest BCUT2D eigenvalue weighted by Gasteiger charge is -2.43. The summed E-state index contributed by atoms with van der Waals surface area (Å²) in [4.78, 5) is 16.5. The van der Waals surface area contributed by atoms with Gasteiger partial charge in [0.1, 0.15) is 5.75 Å². The van der Waals surface area contributed by atoms with Crippen molar-refractivity contribution < 1.29 is 14.6 Å². The van der Waals surface area contributed by atoms with Gasteiger partial charge in [-0.15, -0.1) is 0 Å². The molecule has 5 nitrogen and oxygen atoms in total. The molecule has 0 amide bonds. The Morgan fingerprint density at radius 2 is 1.55 bits per heavy atom. The smallest absolute Gasteiger partial charge is 0.335 e. The summed E-state index contributed by atoms with van der Waals surface area (Å²) in [7, 11) is 3.87. The molecule has 0 saturated heterocycles. The monoisotopic (exact) mass is 512 g/mol. The first-order valence-electron chi connectivity index (χ1n) is 13.7. The number of carboxylic acid groups (broad SMARTS) is 1. The number of aromatic carboxylic acids is 1. The van der Waals surface area contributed by atoms with E-state index in [2.05, 4.69) is 75.7 Å². The molecule has 1 atom stereocenters. The molecule has 0 bridgehead atoms. The summed E-state index contributed by atoms with van der Waals surface area (Å²) in [6.07, 6.45) is 3.28. The van der Waals surface area contributed by atoms with Crippen LogP contribution in [0.5, 0.6) is 5.75 Å². The summed E-state index contributed by atoms with van der Waals surface area (Å²) in [5.74, 6) is -0.0816. The van der Waals surface area contributed by atoms with E-state index >= 15 is 0 Å². The molecule has 5 heteroatoms. The van der Waals surface area contributed by atoms with Gasteiger partial charge in [-0.3, -0.25) is 0 Å². The van der Waals surface area contributed by atoms with Crippen LogP contribution in [0.4, 0.5) is 17.1 Å². The topological polar surface area (TPSA) is 53.0 Å². The Labute approximate surface area is 227 Å². The number of hydrogen-bond donors (Lipinski definition) is 1. The fourth-order valence-corrected chi connectivity index (χ4v) is 6.37. The third kappa shape index (κ3) is 4.22. The van der Waals surface area contributed by atoms with E-state index < -0.39 is 5.97 Å². The normalized spacial score (nSPS) is 19.2. The van der Waals surface area contributed by atoms with E-state index in [-0.39, 0.29) is 16.9 Å². The molecular formula is C33H40N2O3. The summed E-state index contributed by atoms with van der Waals surface area (Å²) in [5.41, 5.74) is 9.12. The Kier molecular flexibility index (Phi) is 6.45. The summed E-state index contributed by atoms with van der Waals surface area (Å²) < 4.78 is 5.67. The predicted molar refractivity (Wildman–Crippen MR) is 156 cm³/mol. The molecule has 3 aromatic rings. The number of benzene rings is 3. The predicted octanol–water partition coefficient (Wildman–Crippen LogP) is 7.83. The zero-order valence-electron chi connectivity index (χ0n) is 23.8. The summed E-state index contributed by atoms with van der Waals surface area (Å²) in [6, 6.07) is 18.6. The van der Waals surface area contributed by atoms with Crippen LogP contribution in [-0.4, -0.2) is 31.8 Å². The lowest BCUT2D eigenvalue weighted by atomic mass is 9.62. The molecule has 2 aliphatic rings. The molecule has 1 heterocycles. The average Bonchev–Trinajstić information content (AvgIpc) is 2.99. The molecule has 3 aromatic carbocycles. The van der Waals surface area contributed by atoms with Crippen molar-refractivity contribution in [3.8, 4) is 5.75 Å². The lowest BCUT2D eigenvalue weighted by Crippen LogP contribution is -2.35. The first kappa shape index (κ1) is 26.1. The van der Waals surface area contributed by atoms with Gasteiger partial charge in [0, 0.05) is 30.9 Å². The Morgan fingerprint density at radius 1 is 0.921 bits per heavy atom. The van der Waals surface area contributed by atoms with Crippen molar-refractivity contribution in [2.75, 3.05) is 30.5 Å². The minimum atomic E-state index is -0.906. The molecule has 200 valence electrons. The highest BCUT2D eigenvalue weighted by atomic mass is 16.5. The van der Waals surface area contributed by atoms with Gasteiger partial charge in [-0.2, -0.15) is 0 Å². The Balaban J connectivity index is 1.85. The lowest BCUT2D eigenvalue weighted by molar-refractivity contribution is 0.0697. The van der Waals surface area contributed by atoms with E-state index in [0.717, 1.165) is 48.5 Å². The standard InChI is InChI=1S/C33H40N2O3/c1-8-17-35-29-18-23(38-7)13-14-27(29)34(6)28-20-26-25(32(2,3)15-16-33(26,4)5)19-24(28)30(35)21-9-11-22(12-10-21)31(36)37/h9-14,18-20,30H,8,15-17H2,1-7H3,(H,36,37). The highest BCUT2D eigenvalue weighted by Gasteiger charge is 2.40. The van der Waals surface area contributed by atoms with E-state index in [0.29, 0.717) is 5.56 Å². The third-order valence-electron chi connectivity index (χ3n) is 8.76. The minimum absolute atomic E-state index is 0.0743. The zero-order valence-corrected chi connectivity index (χ0v) is 23.8. The molecule has 0 saturated carbocycles. The zero-order chi connectivity index (χ0) is 27.4. The van der Waals surface area contributed by atoms with Gasteiger partial charge in [-0.1, -0.05) is 52.8 Å². The molecule has 0 aromatic heterocycles. The number of carbonyl (C=O) groups is 1. The van der Waals surface area contributed by atoms with E-state index in [4.69, 9.17) is 4.74 Å². The molecule has 38 heavy (non-hydrogen) atoms. The number of fused-ring (bicyclic) bond motifs is 3. The molecular weight excluding hydrogens is 472 g/mol. The molecule has 5 rings (SSSR count). The molecule has 1 unspecified atom stereocenters. The fourth-order valence-electron chi connectivity index (χ4n) is 6.37. The first-order chi connectivity index (χ1) is 18.0. The third-order valence-corrected chi connectivity index (χ3v) is 8.76. The van der Waals surface area contributed by atoms with Crippen molar-refractivity contribution in [3.63, 3.8) is 0 Å². The van der Waals surface area contributed by atoms with Crippen LogP contribution in [0.2, 0.25) is 0 Å². The maximum atomic E-state index is 11.6. The quantitative estimate of drug-likeness (QED) is 0.377. The Hall–Kier alpha value is -3.47. The second-order valence-electron chi connectivity index (χ2n) is 12.2. The van der Waals surface area contributed by atoms with Crippen LogP contribution in [-0.2, 0) is 10.8 Å². The molecule has 0 radical (unpaired) electrons. The van der Waals surface area contributed by atoms with Gasteiger partial charge in [0.25, 0.3) is 0 Å². The van der Waals surface area contributed by atoms with Crippen molar-refractivity contribution in [2.24, 2.45) is 0 Å². The number of anilines is 3. The van der Waals surface area contributed by atoms with Gasteiger partial charge in [-0.25, -0.2) is 4.79 Å². The van der Waals surface area contributed by atoms with E-state index in [1.54, 1.807) is 19.2 Å². The van der Waals surface area contributed by atoms with Crippen LogP contribution in [0.1, 0.15) is 92.5 Å². The highest BCUT2D eigenvalue weighted by Crippen LogP contribution is 2.53. The Bertz CT molecular complexity index is 1370. The molecule has 1 N–H and O–H groups in total. The second kappa shape index (κ2) is 9.37. The van der Waals surface area contributed by atoms with Gasteiger partial charge < -0.3 is 19.6 Å². The van der Waals surface area contributed by atoms with Gasteiger partial charge in [-0.05, 0) is 77.1 Å². The number of rotatable bonds is 5. The van der Waals surface area contributed by atoms with Crippen molar-refractivity contribution >= 4 is 23.0 Å². The van der Waals surface area contributed by atoms with Crippen LogP contribution >= 0.6 is 0 Å². The van der Waals surface area contributed by atoms with Crippen LogP contribution in [0.3, 0.4) is 0 Å². The van der Waals surface area contributed by atoms with Crippen molar-refractivity contribution in [3.05, 3.63) is 82.4 Å². The van der Waals surface area contributed by atoms with Crippen LogP contribution in [0, 0.1) is 0 Å². The maximum Gasteiger partial charge on any atom is 0.335 e. The van der Waals surface area contributed by atoms with Gasteiger partial charge >= 0.3 is 5.97 Å². The van der Waals surface area contributed by atoms with Crippen LogP contribution in [0.15, 0.2) is 54.6 Å². The number of carboxylic acids is 1. The summed E-state index contributed by atoms with van der Waals surface area (Å²) >= 11 is 0. The largest absolute Gasteiger partial charge is 0.497 e. The number of nitrogens with zero attached hydrogens (tertiary/aromatic N) is 2. The Morgan fingerprint density at radius 3 is 2.13 bits per heavy atom. The van der Waals surface area contributed by atoms with Gasteiger partial charge in [0.2, 0.25) is 0 Å². The average molecular weight is 513 g/mol. The molecule has 0 spiro atoms. The van der Waals surface area contributed by atoms with Crippen molar-refractivity contribution in [2.45, 2.75) is 70.8 Å². The second-order valence-corrected chi connectivity index (χ2v) is 12.2. The van der Waals surface area contributed by atoms with E-state index in [1.165, 1.54) is 22.4 Å². The van der Waals surface area contributed by atoms with Crippen LogP contribution in [0.25, 0.3) is 0 Å². The summed E-state index contributed by atoms with van der Waals surface area (Å²) in [6.45, 7) is 12.5. The highest BCUT2D eigenvalue weighted by molar-refractivity contribution is 5.88. The SMILES string of the molecule is CCCN1c2cc(OC)ccc2N(C)c2cc3c(cc2C1c1ccc(C(=O)O)cc1)C(C)(C)CCC3(C)C. The van der Waals surface area contributed by atoms with Crippen molar-refractivity contribution in [1.82, 2.24) is 0 Å². The van der Waals surface area contributed by atoms with E-state index in [1.807, 2.05) is 18.2 Å². The number of hydrogen-bond acceptors (Lipinski definition) is 4. The number of ether oxygens (including phenoxy) is 1. The van der Waals surface area contributed by atoms with Crippen LogP contribution < -0.4 is 14.5 Å². The fraction of sp³-hybridized carbons (Fsp3) is 0.424. The summed E-state index contributed by atoms with van der Waals surface area (Å²) in [5, 5.41) is 9.56. The van der Waals surface area contributed by atoms with Gasteiger partial charge in [0.05, 0.1) is 30.1 Å². The first-order valence-corrected chi connectivity index (χ1v) is 13.7. The minimum Gasteiger partial charge on any atom is -0.497 e.